The summed E-state index contributed by atoms with van der Waals surface area (Å²) in [4.78, 5) is 14.3. The number of amides is 1. The molecule has 1 amide bonds. The van der Waals surface area contributed by atoms with E-state index in [1.807, 2.05) is 0 Å². The molecule has 0 spiro atoms. The van der Waals surface area contributed by atoms with Crippen LogP contribution in [0.2, 0.25) is 0 Å². The van der Waals surface area contributed by atoms with Gasteiger partial charge in [0.15, 0.2) is 0 Å². The Morgan fingerprint density at radius 2 is 1.81 bits per heavy atom. The molecule has 3 rings (SSSR count). The highest BCUT2D eigenvalue weighted by Gasteiger charge is 2.36. The summed E-state index contributed by atoms with van der Waals surface area (Å²) in [6, 6.07) is 12.5. The van der Waals surface area contributed by atoms with E-state index < -0.39 is 5.60 Å². The molecule has 2 aromatic carbocycles. The van der Waals surface area contributed by atoms with Crippen LogP contribution in [0.5, 0.6) is 11.5 Å². The molecule has 1 heterocycles. The van der Waals surface area contributed by atoms with Gasteiger partial charge < -0.3 is 19.5 Å². The van der Waals surface area contributed by atoms with Crippen LogP contribution >= 0.6 is 0 Å². The summed E-state index contributed by atoms with van der Waals surface area (Å²) in [5, 5.41) is 10.8. The Balaban J connectivity index is 1.63. The molecule has 0 bridgehead atoms. The van der Waals surface area contributed by atoms with Crippen molar-refractivity contribution in [1.82, 2.24) is 4.90 Å². The Labute approximate surface area is 152 Å². The van der Waals surface area contributed by atoms with Crippen LogP contribution in [0.1, 0.15) is 23.2 Å². The minimum absolute atomic E-state index is 0.0467. The summed E-state index contributed by atoms with van der Waals surface area (Å²) in [6.45, 7) is 0.827. The van der Waals surface area contributed by atoms with Gasteiger partial charge in [0.2, 0.25) is 0 Å². The summed E-state index contributed by atoms with van der Waals surface area (Å²) in [7, 11) is 1.57. The number of likely N-dealkylation sites (tertiary alicyclic amines) is 1. The Hall–Kier alpha value is -2.60. The summed E-state index contributed by atoms with van der Waals surface area (Å²) < 4.78 is 23.6. The minimum atomic E-state index is -1.13. The maximum Gasteiger partial charge on any atom is 0.253 e. The minimum Gasteiger partial charge on any atom is -0.497 e. The second-order valence-electron chi connectivity index (χ2n) is 6.53. The predicted molar refractivity (Wildman–Crippen MR) is 95.0 cm³/mol. The van der Waals surface area contributed by atoms with E-state index in [0.717, 1.165) is 0 Å². The molecule has 1 unspecified atom stereocenters. The molecule has 2 aromatic rings. The van der Waals surface area contributed by atoms with Gasteiger partial charge in [-0.25, -0.2) is 4.39 Å². The molecular weight excluding hydrogens is 337 g/mol. The lowest BCUT2D eigenvalue weighted by atomic mass is 9.93. The van der Waals surface area contributed by atoms with E-state index in [2.05, 4.69) is 0 Å². The predicted octanol–water partition coefficient (Wildman–Crippen LogP) is 2.88. The number of ether oxygens (including phenoxy) is 2. The van der Waals surface area contributed by atoms with Crippen LogP contribution in [-0.4, -0.2) is 48.3 Å². The molecule has 1 fully saturated rings. The van der Waals surface area contributed by atoms with Crippen molar-refractivity contribution >= 4 is 5.91 Å². The lowest BCUT2D eigenvalue weighted by molar-refractivity contribution is -0.0532. The molecule has 6 heteroatoms. The van der Waals surface area contributed by atoms with Crippen molar-refractivity contribution in [3.8, 4) is 11.5 Å². The summed E-state index contributed by atoms with van der Waals surface area (Å²) >= 11 is 0. The van der Waals surface area contributed by atoms with Crippen molar-refractivity contribution in [2.24, 2.45) is 0 Å². The van der Waals surface area contributed by atoms with E-state index in [9.17, 15) is 14.3 Å². The summed E-state index contributed by atoms with van der Waals surface area (Å²) in [5.74, 6) is 0.695. The molecule has 0 saturated carbocycles. The standard InChI is InChI=1S/C20H22FNO4/c1-25-17-7-3-15(4-8-17)19(23)22-12-2-11-20(24,13-22)14-26-18-9-5-16(21)6-10-18/h3-10,24H,2,11-14H2,1H3. The molecule has 138 valence electrons. The number of carbonyl (C=O) groups is 1. The van der Waals surface area contributed by atoms with Crippen molar-refractivity contribution in [3.63, 3.8) is 0 Å². The number of piperidine rings is 1. The highest BCUT2D eigenvalue weighted by molar-refractivity contribution is 5.94. The quantitative estimate of drug-likeness (QED) is 0.892. The number of nitrogens with zero attached hydrogens (tertiary/aromatic N) is 1. The number of carbonyl (C=O) groups excluding carboxylic acids is 1. The van der Waals surface area contributed by atoms with E-state index in [-0.39, 0.29) is 24.9 Å². The molecule has 0 radical (unpaired) electrons. The maximum absolute atomic E-state index is 12.9. The number of benzene rings is 2. The number of aliphatic hydroxyl groups is 1. The maximum atomic E-state index is 12.9. The summed E-state index contributed by atoms with van der Waals surface area (Å²) in [6.07, 6.45) is 1.23. The van der Waals surface area contributed by atoms with Gasteiger partial charge in [-0.15, -0.1) is 0 Å². The van der Waals surface area contributed by atoms with Gasteiger partial charge >= 0.3 is 0 Å². The first-order chi connectivity index (χ1) is 12.5. The van der Waals surface area contributed by atoms with Gasteiger partial charge in [0.25, 0.3) is 5.91 Å². The average Bonchev–Trinajstić information content (AvgIpc) is 2.67. The van der Waals surface area contributed by atoms with Gasteiger partial charge in [-0.2, -0.15) is 0 Å². The van der Waals surface area contributed by atoms with Gasteiger partial charge in [0, 0.05) is 12.1 Å². The van der Waals surface area contributed by atoms with Crippen LogP contribution in [0.4, 0.5) is 4.39 Å². The number of β-amino-alcohol motifs (C(OH)–C–C–N with tert-alkyl or cyclic N) is 1. The molecule has 1 atom stereocenters. The fraction of sp³-hybridized carbons (Fsp3) is 0.350. The second-order valence-corrected chi connectivity index (χ2v) is 6.53. The number of rotatable bonds is 5. The Kier molecular flexibility index (Phi) is 5.42. The SMILES string of the molecule is COc1ccc(C(=O)N2CCCC(O)(COc3ccc(F)cc3)C2)cc1. The Bertz CT molecular complexity index is 747. The van der Waals surface area contributed by atoms with E-state index >= 15 is 0 Å². The lowest BCUT2D eigenvalue weighted by Crippen LogP contribution is -2.53. The van der Waals surface area contributed by atoms with Gasteiger partial charge in [0.05, 0.1) is 13.7 Å². The van der Waals surface area contributed by atoms with Gasteiger partial charge in [-0.05, 0) is 61.4 Å². The molecule has 5 nitrogen and oxygen atoms in total. The first-order valence-electron chi connectivity index (χ1n) is 8.53. The number of hydrogen-bond donors (Lipinski definition) is 1. The van der Waals surface area contributed by atoms with Crippen molar-refractivity contribution in [2.75, 3.05) is 26.8 Å². The Morgan fingerprint density at radius 3 is 2.46 bits per heavy atom. The number of halogens is 1. The number of methoxy groups -OCH3 is 1. The van der Waals surface area contributed by atoms with Gasteiger partial charge in [-0.1, -0.05) is 0 Å². The highest BCUT2D eigenvalue weighted by Crippen LogP contribution is 2.25. The van der Waals surface area contributed by atoms with E-state index in [4.69, 9.17) is 9.47 Å². The van der Waals surface area contributed by atoms with E-state index in [0.29, 0.717) is 36.4 Å². The fourth-order valence-corrected chi connectivity index (χ4v) is 3.07. The van der Waals surface area contributed by atoms with Crippen molar-refractivity contribution in [2.45, 2.75) is 18.4 Å². The molecule has 1 aliphatic rings. The smallest absolute Gasteiger partial charge is 0.253 e. The molecule has 1 N–H and O–H groups in total. The first kappa shape index (κ1) is 18.2. The zero-order valence-corrected chi connectivity index (χ0v) is 14.7. The van der Waals surface area contributed by atoms with Crippen LogP contribution in [0.25, 0.3) is 0 Å². The van der Waals surface area contributed by atoms with Gasteiger partial charge in [0.1, 0.15) is 29.5 Å². The molecule has 0 aliphatic carbocycles. The van der Waals surface area contributed by atoms with Crippen LogP contribution in [0, 0.1) is 5.82 Å². The second kappa shape index (κ2) is 7.74. The van der Waals surface area contributed by atoms with Crippen molar-refractivity contribution in [3.05, 3.63) is 59.9 Å². The highest BCUT2D eigenvalue weighted by atomic mass is 19.1. The zero-order valence-electron chi connectivity index (χ0n) is 14.7. The summed E-state index contributed by atoms with van der Waals surface area (Å²) in [5.41, 5.74) is -0.580. The zero-order chi connectivity index (χ0) is 18.6. The largest absolute Gasteiger partial charge is 0.497 e. The molecule has 0 aromatic heterocycles. The molecular formula is C20H22FNO4. The van der Waals surface area contributed by atoms with E-state index in [1.165, 1.54) is 24.3 Å². The normalized spacial score (nSPS) is 19.9. The molecule has 1 aliphatic heterocycles. The average molecular weight is 359 g/mol. The Morgan fingerprint density at radius 1 is 1.15 bits per heavy atom. The van der Waals surface area contributed by atoms with Crippen LogP contribution in [0.15, 0.2) is 48.5 Å². The molecule has 26 heavy (non-hydrogen) atoms. The van der Waals surface area contributed by atoms with Crippen LogP contribution < -0.4 is 9.47 Å². The van der Waals surface area contributed by atoms with Crippen molar-refractivity contribution < 1.29 is 23.8 Å². The van der Waals surface area contributed by atoms with Crippen molar-refractivity contribution in [1.29, 1.82) is 0 Å². The monoisotopic (exact) mass is 359 g/mol. The van der Waals surface area contributed by atoms with Gasteiger partial charge in [-0.3, -0.25) is 4.79 Å². The third-order valence-corrected chi connectivity index (χ3v) is 4.50. The number of hydrogen-bond acceptors (Lipinski definition) is 4. The fourth-order valence-electron chi connectivity index (χ4n) is 3.07. The third-order valence-electron chi connectivity index (χ3n) is 4.50. The van der Waals surface area contributed by atoms with Crippen LogP contribution in [-0.2, 0) is 0 Å². The third kappa shape index (κ3) is 4.32. The first-order valence-corrected chi connectivity index (χ1v) is 8.53. The lowest BCUT2D eigenvalue weighted by Gasteiger charge is -2.39. The molecule has 1 saturated heterocycles. The van der Waals surface area contributed by atoms with Crippen LogP contribution in [0.3, 0.4) is 0 Å². The van der Waals surface area contributed by atoms with E-state index in [1.54, 1.807) is 36.3 Å². The topological polar surface area (TPSA) is 59.0 Å².